The highest BCUT2D eigenvalue weighted by Crippen LogP contribution is 2.64. The van der Waals surface area contributed by atoms with Crippen LogP contribution >= 0.6 is 0 Å². The smallest absolute Gasteiger partial charge is 0.0626 e. The molecule has 16 heavy (non-hydrogen) atoms. The van der Waals surface area contributed by atoms with E-state index in [4.69, 9.17) is 0 Å². The third kappa shape index (κ3) is 1.75. The lowest BCUT2D eigenvalue weighted by molar-refractivity contribution is 0.00169. The second-order valence-corrected chi connectivity index (χ2v) is 8.04. The second kappa shape index (κ2) is 3.78. The van der Waals surface area contributed by atoms with Crippen LogP contribution in [0.3, 0.4) is 0 Å². The van der Waals surface area contributed by atoms with Crippen LogP contribution in [-0.2, 0) is 0 Å². The van der Waals surface area contributed by atoms with Crippen molar-refractivity contribution < 1.29 is 0 Å². The maximum absolute atomic E-state index is 2.58. The Balaban J connectivity index is 2.30. The summed E-state index contributed by atoms with van der Waals surface area (Å²) in [5, 5.41) is 0.554. The first-order valence-electron chi connectivity index (χ1n) is 7.25. The van der Waals surface area contributed by atoms with E-state index >= 15 is 0 Å². The SMILES string of the molecule is BC1(C(C)(C)C)C(C)CC2CC(C)CC1C2. The Morgan fingerprint density at radius 1 is 1.00 bits per heavy atom. The van der Waals surface area contributed by atoms with Gasteiger partial charge in [-0.05, 0) is 60.1 Å². The predicted octanol–water partition coefficient (Wildman–Crippen LogP) is 3.92. The zero-order valence-corrected chi connectivity index (χ0v) is 12.1. The quantitative estimate of drug-likeness (QED) is 0.543. The molecule has 2 rings (SSSR count). The van der Waals surface area contributed by atoms with Crippen molar-refractivity contribution in [2.75, 3.05) is 0 Å². The molecule has 2 fully saturated rings. The molecule has 0 heterocycles. The summed E-state index contributed by atoms with van der Waals surface area (Å²) in [7, 11) is 2.58. The molecule has 0 aliphatic heterocycles. The first-order chi connectivity index (χ1) is 7.25. The van der Waals surface area contributed by atoms with Gasteiger partial charge in [-0.1, -0.05) is 34.6 Å². The molecule has 2 bridgehead atoms. The average molecular weight is 220 g/mol. The third-order valence-electron chi connectivity index (χ3n) is 6.22. The molecule has 0 N–H and O–H groups in total. The molecule has 0 aromatic rings. The summed E-state index contributed by atoms with van der Waals surface area (Å²) in [4.78, 5) is 0. The van der Waals surface area contributed by atoms with Crippen molar-refractivity contribution >= 4 is 7.85 Å². The van der Waals surface area contributed by atoms with Gasteiger partial charge >= 0.3 is 0 Å². The molecule has 0 spiro atoms. The van der Waals surface area contributed by atoms with Gasteiger partial charge < -0.3 is 0 Å². The lowest BCUT2D eigenvalue weighted by atomic mass is 9.38. The maximum atomic E-state index is 2.58. The summed E-state index contributed by atoms with van der Waals surface area (Å²) in [5.41, 5.74) is 0.457. The maximum Gasteiger partial charge on any atom is 0.110 e. The first-order valence-corrected chi connectivity index (χ1v) is 7.25. The van der Waals surface area contributed by atoms with Gasteiger partial charge in [0.2, 0.25) is 0 Å². The number of hydrogen-bond donors (Lipinski definition) is 0. The van der Waals surface area contributed by atoms with E-state index in [-0.39, 0.29) is 0 Å². The van der Waals surface area contributed by atoms with E-state index in [1.54, 1.807) is 0 Å². The van der Waals surface area contributed by atoms with E-state index in [9.17, 15) is 0 Å². The molecular formula is C15H29B. The predicted molar refractivity (Wildman–Crippen MR) is 74.5 cm³/mol. The third-order valence-corrected chi connectivity index (χ3v) is 6.22. The minimum Gasteiger partial charge on any atom is -0.0626 e. The second-order valence-electron chi connectivity index (χ2n) is 8.04. The highest BCUT2D eigenvalue weighted by atomic mass is 14.5. The van der Waals surface area contributed by atoms with Crippen molar-refractivity contribution in [3.05, 3.63) is 0 Å². The monoisotopic (exact) mass is 220 g/mol. The molecule has 0 saturated heterocycles. The van der Waals surface area contributed by atoms with Crippen LogP contribution in [-0.4, -0.2) is 7.85 Å². The lowest BCUT2D eigenvalue weighted by Crippen LogP contribution is -2.48. The van der Waals surface area contributed by atoms with Crippen molar-refractivity contribution in [3.63, 3.8) is 0 Å². The Hall–Kier alpha value is 0.0649. The average Bonchev–Trinajstić information content (AvgIpc) is 2.11. The van der Waals surface area contributed by atoms with E-state index < -0.39 is 0 Å². The Labute approximate surface area is 103 Å². The molecular weight excluding hydrogens is 191 g/mol. The minimum absolute atomic E-state index is 0.457. The van der Waals surface area contributed by atoms with Gasteiger partial charge in [0.15, 0.2) is 0 Å². The van der Waals surface area contributed by atoms with Gasteiger partial charge in [0, 0.05) is 0 Å². The molecule has 0 radical (unpaired) electrons. The van der Waals surface area contributed by atoms with E-state index in [1.165, 1.54) is 25.7 Å². The summed E-state index contributed by atoms with van der Waals surface area (Å²) in [6, 6.07) is 0. The Morgan fingerprint density at radius 3 is 2.19 bits per heavy atom. The van der Waals surface area contributed by atoms with Crippen molar-refractivity contribution in [2.24, 2.45) is 29.1 Å². The molecule has 2 aliphatic carbocycles. The van der Waals surface area contributed by atoms with Gasteiger partial charge in [-0.3, -0.25) is 0 Å². The van der Waals surface area contributed by atoms with Crippen molar-refractivity contribution in [1.82, 2.24) is 0 Å². The van der Waals surface area contributed by atoms with Crippen LogP contribution in [0.15, 0.2) is 0 Å². The van der Waals surface area contributed by atoms with Crippen LogP contribution in [0.25, 0.3) is 0 Å². The van der Waals surface area contributed by atoms with E-state index in [0.717, 1.165) is 23.7 Å². The molecule has 92 valence electrons. The summed E-state index contributed by atoms with van der Waals surface area (Å²) < 4.78 is 0. The highest BCUT2D eigenvalue weighted by Gasteiger charge is 2.52. The Bertz CT molecular complexity index is 261. The van der Waals surface area contributed by atoms with Gasteiger partial charge in [-0.2, -0.15) is 0 Å². The normalized spacial score (nSPS) is 49.1. The van der Waals surface area contributed by atoms with Crippen LogP contribution in [0.5, 0.6) is 0 Å². The zero-order valence-electron chi connectivity index (χ0n) is 12.1. The van der Waals surface area contributed by atoms with Gasteiger partial charge in [-0.15, -0.1) is 0 Å². The Morgan fingerprint density at radius 2 is 1.62 bits per heavy atom. The van der Waals surface area contributed by atoms with Crippen LogP contribution in [0.4, 0.5) is 0 Å². The molecule has 0 nitrogen and oxygen atoms in total. The van der Waals surface area contributed by atoms with E-state index in [1.807, 2.05) is 0 Å². The standard InChI is InChI=1S/C15H29B/c1-10-6-12-8-11(2)15(16,14(3,4)5)13(7-10)9-12/h10-13H,6-9,16H2,1-5H3. The van der Waals surface area contributed by atoms with Crippen LogP contribution in [0.2, 0.25) is 5.31 Å². The van der Waals surface area contributed by atoms with Crippen molar-refractivity contribution in [1.29, 1.82) is 0 Å². The summed E-state index contributed by atoms with van der Waals surface area (Å²) in [6.07, 6.45) is 5.98. The number of rotatable bonds is 0. The molecule has 1 heteroatoms. The van der Waals surface area contributed by atoms with Gasteiger partial charge in [0.1, 0.15) is 7.85 Å². The first kappa shape index (κ1) is 12.5. The van der Waals surface area contributed by atoms with Crippen LogP contribution in [0.1, 0.15) is 60.3 Å². The Kier molecular flexibility index (Phi) is 2.96. The summed E-state index contributed by atoms with van der Waals surface area (Å²) in [5.74, 6) is 3.89. The molecule has 0 aromatic carbocycles. The summed E-state index contributed by atoms with van der Waals surface area (Å²) in [6.45, 7) is 12.4. The number of fused-ring (bicyclic) bond motifs is 2. The summed E-state index contributed by atoms with van der Waals surface area (Å²) >= 11 is 0. The fourth-order valence-corrected chi connectivity index (χ4v) is 4.93. The number of hydrogen-bond acceptors (Lipinski definition) is 0. The van der Waals surface area contributed by atoms with Crippen LogP contribution < -0.4 is 0 Å². The molecule has 0 amide bonds. The fourth-order valence-electron chi connectivity index (χ4n) is 4.93. The fraction of sp³-hybridized carbons (Fsp3) is 1.00. The zero-order chi connectivity index (χ0) is 12.1. The molecule has 5 unspecified atom stereocenters. The largest absolute Gasteiger partial charge is 0.110 e. The minimum atomic E-state index is 0.457. The van der Waals surface area contributed by atoms with Gasteiger partial charge in [0.25, 0.3) is 0 Å². The molecule has 2 saturated carbocycles. The lowest BCUT2D eigenvalue weighted by Gasteiger charge is -2.59. The van der Waals surface area contributed by atoms with E-state index in [2.05, 4.69) is 42.5 Å². The highest BCUT2D eigenvalue weighted by molar-refractivity contribution is 6.16. The van der Waals surface area contributed by atoms with Crippen LogP contribution in [0, 0.1) is 29.1 Å². The molecule has 2 aliphatic rings. The van der Waals surface area contributed by atoms with Gasteiger partial charge in [0.05, 0.1) is 0 Å². The topological polar surface area (TPSA) is 0 Å². The molecule has 5 atom stereocenters. The van der Waals surface area contributed by atoms with Gasteiger partial charge in [-0.25, -0.2) is 0 Å². The van der Waals surface area contributed by atoms with E-state index in [0.29, 0.717) is 10.7 Å². The van der Waals surface area contributed by atoms with Crippen molar-refractivity contribution in [3.8, 4) is 0 Å². The van der Waals surface area contributed by atoms with Crippen molar-refractivity contribution in [2.45, 2.75) is 65.6 Å². The molecule has 0 aromatic heterocycles.